The summed E-state index contributed by atoms with van der Waals surface area (Å²) in [6.45, 7) is 17.3. The summed E-state index contributed by atoms with van der Waals surface area (Å²) in [6, 6.07) is 0. The minimum absolute atomic E-state index is 0.0236. The van der Waals surface area contributed by atoms with Crippen LogP contribution in [0.2, 0.25) is 52.4 Å². The van der Waals surface area contributed by atoms with Gasteiger partial charge in [0.1, 0.15) is 0 Å². The zero-order chi connectivity index (χ0) is 16.0. The van der Waals surface area contributed by atoms with E-state index in [1.807, 2.05) is 6.55 Å². The highest BCUT2D eigenvalue weighted by atomic mass is 28.5. The highest BCUT2D eigenvalue weighted by molar-refractivity contribution is 6.87. The third-order valence-electron chi connectivity index (χ3n) is 2.10. The maximum atomic E-state index is 8.84. The topological polar surface area (TPSA) is 57.2 Å². The van der Waals surface area contributed by atoms with E-state index >= 15 is 0 Å². The van der Waals surface area contributed by atoms with Gasteiger partial charge in [-0.25, -0.2) is 0 Å². The fourth-order valence-electron chi connectivity index (χ4n) is 2.19. The van der Waals surface area contributed by atoms with Crippen molar-refractivity contribution < 1.29 is 22.2 Å². The van der Waals surface area contributed by atoms with E-state index in [-0.39, 0.29) is 6.61 Å². The molecule has 0 aromatic rings. The Morgan fingerprint density at radius 1 is 0.950 bits per heavy atom. The number of aliphatic hydroxyl groups is 1. The molecule has 0 aromatic heterocycles. The SMILES string of the molecule is C[SiH](C)O[Si](C)(COCCO)O[Si](C)(C)O[Si](C)(C)C. The van der Waals surface area contributed by atoms with Crippen molar-refractivity contribution in [3.05, 3.63) is 0 Å². The van der Waals surface area contributed by atoms with Gasteiger partial charge in [-0.2, -0.15) is 0 Å². The van der Waals surface area contributed by atoms with Crippen LogP contribution in [0.1, 0.15) is 0 Å². The molecule has 1 unspecified atom stereocenters. The van der Waals surface area contributed by atoms with E-state index in [9.17, 15) is 0 Å². The molecule has 1 atom stereocenters. The molecule has 0 radical (unpaired) electrons. The molecule has 0 bridgehead atoms. The predicted octanol–water partition coefficient (Wildman–Crippen LogP) is 2.18. The van der Waals surface area contributed by atoms with Gasteiger partial charge in [-0.15, -0.1) is 0 Å². The van der Waals surface area contributed by atoms with Crippen LogP contribution in [0.3, 0.4) is 0 Å². The molecule has 0 amide bonds. The molecule has 9 heteroatoms. The molecule has 0 saturated carbocycles. The molecule has 0 rings (SSSR count). The minimum Gasteiger partial charge on any atom is -0.438 e. The monoisotopic (exact) mass is 356 g/mol. The van der Waals surface area contributed by atoms with Gasteiger partial charge in [0.2, 0.25) is 0 Å². The van der Waals surface area contributed by atoms with Crippen molar-refractivity contribution in [3.8, 4) is 0 Å². The first kappa shape index (κ1) is 20.7. The lowest BCUT2D eigenvalue weighted by Gasteiger charge is -2.39. The zero-order valence-corrected chi connectivity index (χ0v) is 18.4. The summed E-state index contributed by atoms with van der Waals surface area (Å²) in [7, 11) is -7.47. The molecule has 0 saturated heterocycles. The molecule has 0 heterocycles. The van der Waals surface area contributed by atoms with Gasteiger partial charge in [0.15, 0.2) is 17.4 Å². The van der Waals surface area contributed by atoms with Gasteiger partial charge in [0.25, 0.3) is 0 Å². The van der Waals surface area contributed by atoms with Gasteiger partial charge in [0, 0.05) is 0 Å². The Labute approximate surface area is 128 Å². The van der Waals surface area contributed by atoms with Crippen molar-refractivity contribution in [2.75, 3.05) is 19.4 Å². The molecule has 0 aliphatic rings. The molecule has 0 fully saturated rings. The maximum absolute atomic E-state index is 8.84. The van der Waals surface area contributed by atoms with E-state index in [4.69, 9.17) is 22.2 Å². The van der Waals surface area contributed by atoms with E-state index in [1.54, 1.807) is 0 Å². The highest BCUT2D eigenvalue weighted by Gasteiger charge is 2.43. The van der Waals surface area contributed by atoms with Crippen LogP contribution in [0.5, 0.6) is 0 Å². The second kappa shape index (κ2) is 8.34. The lowest BCUT2D eigenvalue weighted by molar-refractivity contribution is 0.104. The fourth-order valence-corrected chi connectivity index (χ4v) is 18.4. The number of hydrogen-bond acceptors (Lipinski definition) is 5. The fraction of sp³-hybridized carbons (Fsp3) is 1.00. The Hall–Kier alpha value is 0.668. The molecular formula is C11H32O5Si4. The highest BCUT2D eigenvalue weighted by Crippen LogP contribution is 2.22. The van der Waals surface area contributed by atoms with Gasteiger partial charge in [-0.3, -0.25) is 0 Å². The van der Waals surface area contributed by atoms with Crippen molar-refractivity contribution in [3.63, 3.8) is 0 Å². The summed E-state index contributed by atoms with van der Waals surface area (Å²) in [5.41, 5.74) is 0. The van der Waals surface area contributed by atoms with E-state index in [1.165, 1.54) is 0 Å². The van der Waals surface area contributed by atoms with E-state index < -0.39 is 34.5 Å². The zero-order valence-electron chi connectivity index (χ0n) is 14.3. The Morgan fingerprint density at radius 3 is 1.90 bits per heavy atom. The van der Waals surface area contributed by atoms with Crippen LogP contribution in [0.4, 0.5) is 0 Å². The van der Waals surface area contributed by atoms with Crippen molar-refractivity contribution in [1.82, 2.24) is 0 Å². The third-order valence-corrected chi connectivity index (χ3v) is 14.8. The molecule has 0 spiro atoms. The van der Waals surface area contributed by atoms with Crippen LogP contribution in [0.25, 0.3) is 0 Å². The average Bonchev–Trinajstić information content (AvgIpc) is 2.10. The van der Waals surface area contributed by atoms with Crippen LogP contribution in [0, 0.1) is 0 Å². The smallest absolute Gasteiger partial charge is 0.342 e. The molecule has 122 valence electrons. The van der Waals surface area contributed by atoms with Crippen molar-refractivity contribution in [2.24, 2.45) is 0 Å². The van der Waals surface area contributed by atoms with Gasteiger partial charge in [-0.05, 0) is 52.4 Å². The second-order valence-electron chi connectivity index (χ2n) is 6.79. The van der Waals surface area contributed by atoms with Crippen molar-refractivity contribution in [1.29, 1.82) is 0 Å². The molecule has 5 nitrogen and oxygen atoms in total. The number of rotatable bonds is 10. The van der Waals surface area contributed by atoms with Gasteiger partial charge >= 0.3 is 17.1 Å². The normalized spacial score (nSPS) is 16.5. The Bertz CT molecular complexity index is 282. The predicted molar refractivity (Wildman–Crippen MR) is 92.5 cm³/mol. The molecule has 0 aliphatic carbocycles. The average molecular weight is 357 g/mol. The van der Waals surface area contributed by atoms with Gasteiger partial charge in [-0.1, -0.05) is 0 Å². The number of hydrogen-bond donors (Lipinski definition) is 1. The summed E-state index contributed by atoms with van der Waals surface area (Å²) in [6.07, 6.45) is 0.449. The van der Waals surface area contributed by atoms with E-state index in [2.05, 4.69) is 45.8 Å². The van der Waals surface area contributed by atoms with Crippen molar-refractivity contribution >= 4 is 34.5 Å². The summed E-state index contributed by atoms with van der Waals surface area (Å²) in [4.78, 5) is 0. The Morgan fingerprint density at radius 2 is 1.50 bits per heavy atom. The molecule has 0 aliphatic heterocycles. The first-order valence-electron chi connectivity index (χ1n) is 7.16. The van der Waals surface area contributed by atoms with Crippen LogP contribution >= 0.6 is 0 Å². The summed E-state index contributed by atoms with van der Waals surface area (Å²) in [5, 5.41) is 8.84. The van der Waals surface area contributed by atoms with Crippen LogP contribution < -0.4 is 0 Å². The third kappa shape index (κ3) is 10.4. The van der Waals surface area contributed by atoms with Gasteiger partial charge < -0.3 is 22.2 Å². The largest absolute Gasteiger partial charge is 0.438 e. The van der Waals surface area contributed by atoms with Crippen LogP contribution in [-0.2, 0) is 17.1 Å². The molecule has 20 heavy (non-hydrogen) atoms. The number of aliphatic hydroxyl groups excluding tert-OH is 1. The second-order valence-corrected chi connectivity index (χ2v) is 21.0. The summed E-state index contributed by atoms with van der Waals surface area (Å²) < 4.78 is 24.2. The van der Waals surface area contributed by atoms with Crippen LogP contribution in [-0.4, -0.2) is 59.0 Å². The van der Waals surface area contributed by atoms with E-state index in [0.29, 0.717) is 12.8 Å². The molecule has 1 N–H and O–H groups in total. The number of ether oxygens (including phenoxy) is 1. The first-order valence-corrected chi connectivity index (χ1v) is 18.7. The molecule has 0 aromatic carbocycles. The lowest BCUT2D eigenvalue weighted by Crippen LogP contribution is -2.57. The van der Waals surface area contributed by atoms with Gasteiger partial charge in [0.05, 0.1) is 19.4 Å². The Kier molecular flexibility index (Phi) is 8.62. The van der Waals surface area contributed by atoms with E-state index in [0.717, 1.165) is 0 Å². The van der Waals surface area contributed by atoms with Crippen LogP contribution in [0.15, 0.2) is 0 Å². The Balaban J connectivity index is 4.77. The first-order chi connectivity index (χ1) is 8.89. The summed E-state index contributed by atoms with van der Waals surface area (Å²) in [5.74, 6) is 0. The standard InChI is InChI=1S/C11H32O5Si4/c1-17(2)14-20(8,11-13-10-9-12)16-19(6,7)15-18(3,4)5/h12,17H,9-11H2,1-8H3. The minimum atomic E-state index is -2.40. The summed E-state index contributed by atoms with van der Waals surface area (Å²) >= 11 is 0. The van der Waals surface area contributed by atoms with Crippen molar-refractivity contribution in [2.45, 2.75) is 52.4 Å². The lowest BCUT2D eigenvalue weighted by atomic mass is 10.8. The quantitative estimate of drug-likeness (QED) is 0.480. The maximum Gasteiger partial charge on any atom is 0.342 e. The molecular weight excluding hydrogens is 324 g/mol.